The SMILES string of the molecule is CN(C)c1ccc(C(=O)N2CCOCC2C(N)=O)cc1N. The average molecular weight is 292 g/mol. The summed E-state index contributed by atoms with van der Waals surface area (Å²) in [6, 6.07) is 4.36. The van der Waals surface area contributed by atoms with Gasteiger partial charge in [0.15, 0.2) is 0 Å². The Hall–Kier alpha value is -2.28. The van der Waals surface area contributed by atoms with Gasteiger partial charge >= 0.3 is 0 Å². The maximum absolute atomic E-state index is 12.5. The number of anilines is 2. The lowest BCUT2D eigenvalue weighted by molar-refractivity contribution is -0.127. The Morgan fingerprint density at radius 1 is 1.38 bits per heavy atom. The smallest absolute Gasteiger partial charge is 0.254 e. The summed E-state index contributed by atoms with van der Waals surface area (Å²) >= 11 is 0. The molecule has 2 amide bonds. The molecule has 21 heavy (non-hydrogen) atoms. The summed E-state index contributed by atoms with van der Waals surface area (Å²) in [6.07, 6.45) is 0. The van der Waals surface area contributed by atoms with E-state index in [1.54, 1.807) is 18.2 Å². The molecule has 114 valence electrons. The van der Waals surface area contributed by atoms with Crippen molar-refractivity contribution in [2.45, 2.75) is 6.04 Å². The van der Waals surface area contributed by atoms with Crippen LogP contribution in [-0.2, 0) is 9.53 Å². The van der Waals surface area contributed by atoms with Gasteiger partial charge in [-0.05, 0) is 18.2 Å². The molecule has 1 aromatic rings. The van der Waals surface area contributed by atoms with Crippen LogP contribution < -0.4 is 16.4 Å². The van der Waals surface area contributed by atoms with E-state index in [9.17, 15) is 9.59 Å². The Morgan fingerprint density at radius 2 is 2.10 bits per heavy atom. The number of primary amides is 1. The number of hydrogen-bond acceptors (Lipinski definition) is 5. The van der Waals surface area contributed by atoms with E-state index in [-0.39, 0.29) is 12.5 Å². The normalized spacial score (nSPS) is 18.4. The number of nitrogens with two attached hydrogens (primary N) is 2. The molecule has 0 spiro atoms. The summed E-state index contributed by atoms with van der Waals surface area (Å²) in [6.45, 7) is 0.856. The quantitative estimate of drug-likeness (QED) is 0.742. The van der Waals surface area contributed by atoms with Gasteiger partial charge in [-0.15, -0.1) is 0 Å². The third-order valence-electron chi connectivity index (χ3n) is 3.47. The van der Waals surface area contributed by atoms with Gasteiger partial charge in [0.1, 0.15) is 6.04 Å². The number of benzene rings is 1. The topological polar surface area (TPSA) is 102 Å². The van der Waals surface area contributed by atoms with Gasteiger partial charge in [0.05, 0.1) is 24.6 Å². The highest BCUT2D eigenvalue weighted by molar-refractivity contribution is 5.99. The highest BCUT2D eigenvalue weighted by atomic mass is 16.5. The summed E-state index contributed by atoms with van der Waals surface area (Å²) in [4.78, 5) is 27.3. The molecule has 7 nitrogen and oxygen atoms in total. The molecule has 2 rings (SSSR count). The van der Waals surface area contributed by atoms with Gasteiger partial charge in [-0.1, -0.05) is 0 Å². The molecule has 1 fully saturated rings. The number of carbonyl (C=O) groups is 2. The number of carbonyl (C=O) groups excluding carboxylic acids is 2. The van der Waals surface area contributed by atoms with Crippen LogP contribution in [0.4, 0.5) is 11.4 Å². The zero-order valence-corrected chi connectivity index (χ0v) is 12.2. The Labute approximate surface area is 123 Å². The van der Waals surface area contributed by atoms with Crippen molar-refractivity contribution < 1.29 is 14.3 Å². The van der Waals surface area contributed by atoms with Crippen molar-refractivity contribution in [3.8, 4) is 0 Å². The molecule has 1 aromatic carbocycles. The lowest BCUT2D eigenvalue weighted by Crippen LogP contribution is -2.54. The number of nitrogens with zero attached hydrogens (tertiary/aromatic N) is 2. The largest absolute Gasteiger partial charge is 0.397 e. The first kappa shape index (κ1) is 15.1. The molecule has 0 bridgehead atoms. The predicted molar refractivity (Wildman–Crippen MR) is 80.0 cm³/mol. The van der Waals surface area contributed by atoms with Crippen molar-refractivity contribution in [1.29, 1.82) is 0 Å². The van der Waals surface area contributed by atoms with Crippen LogP contribution in [0.2, 0.25) is 0 Å². The summed E-state index contributed by atoms with van der Waals surface area (Å²) in [5.41, 5.74) is 13.1. The molecular formula is C14H20N4O3. The van der Waals surface area contributed by atoms with Gasteiger partial charge in [-0.2, -0.15) is 0 Å². The monoisotopic (exact) mass is 292 g/mol. The van der Waals surface area contributed by atoms with E-state index < -0.39 is 11.9 Å². The summed E-state index contributed by atoms with van der Waals surface area (Å²) in [7, 11) is 3.75. The second-order valence-corrected chi connectivity index (χ2v) is 5.16. The first-order valence-electron chi connectivity index (χ1n) is 6.66. The first-order valence-corrected chi connectivity index (χ1v) is 6.66. The minimum atomic E-state index is -0.735. The van der Waals surface area contributed by atoms with Crippen LogP contribution in [0.15, 0.2) is 18.2 Å². The van der Waals surface area contributed by atoms with Crippen molar-refractivity contribution in [3.63, 3.8) is 0 Å². The molecule has 7 heteroatoms. The number of nitrogen functional groups attached to an aromatic ring is 1. The number of morpholine rings is 1. The van der Waals surface area contributed by atoms with Crippen LogP contribution in [0.25, 0.3) is 0 Å². The number of amides is 2. The second kappa shape index (κ2) is 6.01. The zero-order valence-electron chi connectivity index (χ0n) is 12.2. The predicted octanol–water partition coefficient (Wildman–Crippen LogP) is -0.339. The maximum Gasteiger partial charge on any atom is 0.254 e. The van der Waals surface area contributed by atoms with Crippen molar-refractivity contribution in [3.05, 3.63) is 23.8 Å². The van der Waals surface area contributed by atoms with Crippen LogP contribution in [0.5, 0.6) is 0 Å². The molecule has 1 heterocycles. The fourth-order valence-electron chi connectivity index (χ4n) is 2.34. The van der Waals surface area contributed by atoms with E-state index in [0.29, 0.717) is 24.4 Å². The third-order valence-corrected chi connectivity index (χ3v) is 3.47. The van der Waals surface area contributed by atoms with Gasteiger partial charge in [-0.25, -0.2) is 0 Å². The minimum Gasteiger partial charge on any atom is -0.397 e. The third kappa shape index (κ3) is 3.08. The zero-order chi connectivity index (χ0) is 15.6. The van der Waals surface area contributed by atoms with Crippen molar-refractivity contribution in [1.82, 2.24) is 4.90 Å². The number of ether oxygens (including phenoxy) is 1. The number of rotatable bonds is 3. The average Bonchev–Trinajstić information content (AvgIpc) is 2.45. The molecule has 0 radical (unpaired) electrons. The highest BCUT2D eigenvalue weighted by Gasteiger charge is 2.32. The Balaban J connectivity index is 2.26. The van der Waals surface area contributed by atoms with Crippen molar-refractivity contribution in [2.24, 2.45) is 5.73 Å². The maximum atomic E-state index is 12.5. The highest BCUT2D eigenvalue weighted by Crippen LogP contribution is 2.23. The van der Waals surface area contributed by atoms with Crippen molar-refractivity contribution in [2.75, 3.05) is 44.5 Å². The Kier molecular flexibility index (Phi) is 4.32. The van der Waals surface area contributed by atoms with Crippen molar-refractivity contribution >= 4 is 23.2 Å². The van der Waals surface area contributed by atoms with Crippen LogP contribution in [-0.4, -0.2) is 56.6 Å². The van der Waals surface area contributed by atoms with Gasteiger partial charge in [0.2, 0.25) is 5.91 Å². The van der Waals surface area contributed by atoms with E-state index in [1.807, 2.05) is 19.0 Å². The van der Waals surface area contributed by atoms with Gasteiger partial charge < -0.3 is 26.0 Å². The number of hydrogen-bond donors (Lipinski definition) is 2. The van der Waals surface area contributed by atoms with Crippen LogP contribution >= 0.6 is 0 Å². The molecule has 1 atom stereocenters. The molecular weight excluding hydrogens is 272 g/mol. The molecule has 0 aliphatic carbocycles. The summed E-state index contributed by atoms with van der Waals surface area (Å²) in [5, 5.41) is 0. The molecule has 1 saturated heterocycles. The molecule has 4 N–H and O–H groups in total. The standard InChI is InChI=1S/C14H20N4O3/c1-17(2)11-4-3-9(7-10(11)15)14(20)18-5-6-21-8-12(18)13(16)19/h3-4,7,12H,5-6,8,15H2,1-2H3,(H2,16,19). The molecule has 1 unspecified atom stereocenters. The summed E-state index contributed by atoms with van der Waals surface area (Å²) < 4.78 is 5.21. The van der Waals surface area contributed by atoms with Crippen LogP contribution in [0.1, 0.15) is 10.4 Å². The lowest BCUT2D eigenvalue weighted by atomic mass is 10.1. The summed E-state index contributed by atoms with van der Waals surface area (Å²) in [5.74, 6) is -0.833. The fourth-order valence-corrected chi connectivity index (χ4v) is 2.34. The first-order chi connectivity index (χ1) is 9.91. The molecule has 1 aliphatic heterocycles. The van der Waals surface area contributed by atoms with Gasteiger partial charge in [0.25, 0.3) is 5.91 Å². The second-order valence-electron chi connectivity index (χ2n) is 5.16. The molecule has 0 aromatic heterocycles. The fraction of sp³-hybridized carbons (Fsp3) is 0.429. The van der Waals surface area contributed by atoms with E-state index >= 15 is 0 Å². The lowest BCUT2D eigenvalue weighted by Gasteiger charge is -2.33. The van der Waals surface area contributed by atoms with Crippen LogP contribution in [0, 0.1) is 0 Å². The minimum absolute atomic E-state index is 0.131. The molecule has 1 aliphatic rings. The van der Waals surface area contributed by atoms with E-state index in [4.69, 9.17) is 16.2 Å². The Bertz CT molecular complexity index is 559. The van der Waals surface area contributed by atoms with Crippen LogP contribution in [0.3, 0.4) is 0 Å². The van der Waals surface area contributed by atoms with Gasteiger partial charge in [0, 0.05) is 26.2 Å². The molecule has 0 saturated carbocycles. The van der Waals surface area contributed by atoms with E-state index in [0.717, 1.165) is 5.69 Å². The Morgan fingerprint density at radius 3 is 2.67 bits per heavy atom. The van der Waals surface area contributed by atoms with Gasteiger partial charge in [-0.3, -0.25) is 9.59 Å². The van der Waals surface area contributed by atoms with E-state index in [2.05, 4.69) is 0 Å². The van der Waals surface area contributed by atoms with E-state index in [1.165, 1.54) is 4.90 Å².